The molecule has 3 rings (SSSR count). The molecule has 2 aromatic carbocycles. The van der Waals surface area contributed by atoms with Gasteiger partial charge in [-0.25, -0.2) is 8.42 Å². The second kappa shape index (κ2) is 10.4. The van der Waals surface area contributed by atoms with Gasteiger partial charge in [0, 0.05) is 37.6 Å². The number of nitrogens with zero attached hydrogens (tertiary/aromatic N) is 2. The maximum Gasteiger partial charge on any atom is 0.218 e. The molecule has 0 bridgehead atoms. The summed E-state index contributed by atoms with van der Waals surface area (Å²) in [5, 5.41) is 0. The highest BCUT2D eigenvalue weighted by Gasteiger charge is 2.24. The van der Waals surface area contributed by atoms with Crippen molar-refractivity contribution in [3.8, 4) is 0 Å². The van der Waals surface area contributed by atoms with E-state index in [-0.39, 0.29) is 11.7 Å². The zero-order valence-corrected chi connectivity index (χ0v) is 20.0. The summed E-state index contributed by atoms with van der Waals surface area (Å²) in [5.41, 5.74) is 2.77. The van der Waals surface area contributed by atoms with Gasteiger partial charge in [-0.05, 0) is 35.6 Å². The molecule has 6 nitrogen and oxygen atoms in total. The third kappa shape index (κ3) is 7.22. The van der Waals surface area contributed by atoms with Crippen molar-refractivity contribution in [2.45, 2.75) is 32.6 Å². The van der Waals surface area contributed by atoms with Crippen LogP contribution in [0.2, 0.25) is 0 Å². The first-order chi connectivity index (χ1) is 14.6. The molecule has 8 heteroatoms. The Kier molecular flexibility index (Phi) is 8.04. The van der Waals surface area contributed by atoms with Crippen molar-refractivity contribution in [2.24, 2.45) is 5.92 Å². The van der Waals surface area contributed by atoms with Gasteiger partial charge >= 0.3 is 0 Å². The van der Waals surface area contributed by atoms with Gasteiger partial charge in [0.2, 0.25) is 10.0 Å². The summed E-state index contributed by atoms with van der Waals surface area (Å²) in [7, 11) is -5.90. The second-order valence-electron chi connectivity index (χ2n) is 8.65. The Labute approximate surface area is 188 Å². The number of benzene rings is 2. The van der Waals surface area contributed by atoms with E-state index in [9.17, 15) is 17.5 Å². The van der Waals surface area contributed by atoms with E-state index in [1.54, 1.807) is 4.31 Å². The maximum absolute atomic E-state index is 13.1. The van der Waals surface area contributed by atoms with Crippen LogP contribution in [0.25, 0.3) is 0 Å². The zero-order chi connectivity index (χ0) is 22.5. The molecule has 0 unspecified atom stereocenters. The molecule has 1 aliphatic rings. The number of anilines is 1. The van der Waals surface area contributed by atoms with Crippen LogP contribution in [0.5, 0.6) is 0 Å². The van der Waals surface area contributed by atoms with Crippen LogP contribution in [0, 0.1) is 5.92 Å². The van der Waals surface area contributed by atoms with E-state index in [1.165, 1.54) is 0 Å². The third-order valence-electron chi connectivity index (χ3n) is 5.40. The molecular formula is C23H34N2O4S2. The predicted molar refractivity (Wildman–Crippen MR) is 130 cm³/mol. The van der Waals surface area contributed by atoms with Gasteiger partial charge < -0.3 is 4.90 Å². The first kappa shape index (κ1) is 24.1. The molecule has 172 valence electrons. The molecule has 2 aromatic rings. The van der Waals surface area contributed by atoms with Crippen molar-refractivity contribution in [3.63, 3.8) is 0 Å². The molecule has 2 N–H and O–H groups in total. The van der Waals surface area contributed by atoms with Crippen molar-refractivity contribution in [3.05, 3.63) is 65.7 Å². The highest BCUT2D eigenvalue weighted by Crippen LogP contribution is 2.40. The van der Waals surface area contributed by atoms with Crippen LogP contribution >= 0.6 is 10.6 Å². The van der Waals surface area contributed by atoms with Crippen molar-refractivity contribution in [2.75, 3.05) is 36.0 Å². The van der Waals surface area contributed by atoms with Crippen LogP contribution in [0.3, 0.4) is 0 Å². The van der Waals surface area contributed by atoms with E-state index in [4.69, 9.17) is 0 Å². The lowest BCUT2D eigenvalue weighted by molar-refractivity contribution is 0.361. The molecular weight excluding hydrogens is 432 g/mol. The molecule has 0 amide bonds. The van der Waals surface area contributed by atoms with E-state index < -0.39 is 20.6 Å². The standard InChI is InChI=1S/C23H34N2O4S2/c1-20(2)17-25(31(28,29)19-22-7-4-3-5-8-22)18-21-9-11-23(12-10-21)24-13-6-15-30(26,27)16-14-24/h3-5,7-12,20,26-27H,6,13-19H2,1-2H3. The zero-order valence-electron chi connectivity index (χ0n) is 18.4. The first-order valence-electron chi connectivity index (χ1n) is 10.7. The second-order valence-corrected chi connectivity index (χ2v) is 13.0. The number of hydrogen-bond acceptors (Lipinski definition) is 5. The summed E-state index contributed by atoms with van der Waals surface area (Å²) in [6, 6.07) is 17.3. The Hall–Kier alpha value is -1.58. The van der Waals surface area contributed by atoms with E-state index in [0.29, 0.717) is 31.1 Å². The fraction of sp³-hybridized carbons (Fsp3) is 0.478. The lowest BCUT2D eigenvalue weighted by Gasteiger charge is -2.30. The van der Waals surface area contributed by atoms with E-state index in [0.717, 1.165) is 29.8 Å². The molecule has 0 atom stereocenters. The maximum atomic E-state index is 13.1. The molecule has 1 aliphatic heterocycles. The van der Waals surface area contributed by atoms with Gasteiger partial charge in [0.15, 0.2) is 0 Å². The molecule has 1 saturated heterocycles. The lowest BCUT2D eigenvalue weighted by atomic mass is 10.1. The predicted octanol–water partition coefficient (Wildman–Crippen LogP) is 4.64. The SMILES string of the molecule is CC(C)CN(Cc1ccc(N2CCCS(O)(O)CC2)cc1)S(=O)(=O)Cc1ccccc1. The van der Waals surface area contributed by atoms with Crippen LogP contribution in [-0.2, 0) is 22.3 Å². The minimum absolute atomic E-state index is 0.00117. The molecule has 0 aromatic heterocycles. The van der Waals surface area contributed by atoms with Crippen molar-refractivity contribution < 1.29 is 17.5 Å². The Bertz CT molecular complexity index is 932. The molecule has 31 heavy (non-hydrogen) atoms. The number of sulfonamides is 1. The Morgan fingerprint density at radius 3 is 2.29 bits per heavy atom. The summed E-state index contributed by atoms with van der Waals surface area (Å²) >= 11 is 0. The molecule has 1 fully saturated rings. The first-order valence-corrected chi connectivity index (χ1v) is 14.2. The Balaban J connectivity index is 1.71. The lowest BCUT2D eigenvalue weighted by Crippen LogP contribution is -2.34. The van der Waals surface area contributed by atoms with Crippen LogP contribution in [0.15, 0.2) is 54.6 Å². The van der Waals surface area contributed by atoms with Crippen LogP contribution in [0.4, 0.5) is 5.69 Å². The fourth-order valence-corrected chi connectivity index (χ4v) is 6.77. The molecule has 1 heterocycles. The summed E-state index contributed by atoms with van der Waals surface area (Å²) in [6.07, 6.45) is 0.754. The highest BCUT2D eigenvalue weighted by molar-refractivity contribution is 8.24. The Morgan fingerprint density at radius 2 is 1.65 bits per heavy atom. The van der Waals surface area contributed by atoms with E-state index >= 15 is 0 Å². The molecule has 0 saturated carbocycles. The average Bonchev–Trinajstić information content (AvgIpc) is 2.89. The number of rotatable bonds is 8. The monoisotopic (exact) mass is 466 g/mol. The Morgan fingerprint density at radius 1 is 0.968 bits per heavy atom. The summed E-state index contributed by atoms with van der Waals surface area (Å²) in [4.78, 5) is 2.17. The minimum atomic E-state index is -3.45. The van der Waals surface area contributed by atoms with Gasteiger partial charge in [-0.3, -0.25) is 9.11 Å². The summed E-state index contributed by atoms with van der Waals surface area (Å²) < 4.78 is 47.8. The van der Waals surface area contributed by atoms with Gasteiger partial charge in [0.05, 0.1) is 11.5 Å². The van der Waals surface area contributed by atoms with Crippen LogP contribution < -0.4 is 4.90 Å². The molecule has 0 aliphatic carbocycles. The molecule has 0 radical (unpaired) electrons. The summed E-state index contributed by atoms with van der Waals surface area (Å²) in [6.45, 7) is 6.28. The van der Waals surface area contributed by atoms with Gasteiger partial charge in [-0.1, -0.05) is 56.3 Å². The molecule has 0 spiro atoms. The van der Waals surface area contributed by atoms with Crippen LogP contribution in [0.1, 0.15) is 31.4 Å². The van der Waals surface area contributed by atoms with Gasteiger partial charge in [0.25, 0.3) is 0 Å². The largest absolute Gasteiger partial charge is 0.370 e. The van der Waals surface area contributed by atoms with Crippen molar-refractivity contribution in [1.82, 2.24) is 4.31 Å². The fourth-order valence-electron chi connectivity index (χ4n) is 3.79. The van der Waals surface area contributed by atoms with Gasteiger partial charge in [-0.2, -0.15) is 14.9 Å². The van der Waals surface area contributed by atoms with Gasteiger partial charge in [0.1, 0.15) is 0 Å². The minimum Gasteiger partial charge on any atom is -0.370 e. The van der Waals surface area contributed by atoms with Crippen LogP contribution in [-0.4, -0.2) is 53.0 Å². The van der Waals surface area contributed by atoms with Crippen molar-refractivity contribution >= 4 is 26.3 Å². The smallest absolute Gasteiger partial charge is 0.218 e. The summed E-state index contributed by atoms with van der Waals surface area (Å²) in [5.74, 6) is 1.08. The van der Waals surface area contributed by atoms with E-state index in [1.807, 2.05) is 68.4 Å². The number of hydrogen-bond donors (Lipinski definition) is 2. The normalized spacial score (nSPS) is 18.2. The third-order valence-corrected chi connectivity index (χ3v) is 8.94. The highest BCUT2D eigenvalue weighted by atomic mass is 32.3. The van der Waals surface area contributed by atoms with Crippen molar-refractivity contribution in [1.29, 1.82) is 0 Å². The quantitative estimate of drug-likeness (QED) is 0.593. The van der Waals surface area contributed by atoms with E-state index in [2.05, 4.69) is 4.90 Å². The average molecular weight is 467 g/mol. The topological polar surface area (TPSA) is 81.1 Å². The van der Waals surface area contributed by atoms with Gasteiger partial charge in [-0.15, -0.1) is 0 Å².